The summed E-state index contributed by atoms with van der Waals surface area (Å²) in [7, 11) is 1.62. The van der Waals surface area contributed by atoms with E-state index in [0.29, 0.717) is 6.42 Å². The predicted molar refractivity (Wildman–Crippen MR) is 56.9 cm³/mol. The summed E-state index contributed by atoms with van der Waals surface area (Å²) in [5, 5.41) is 20.9. The Hall–Kier alpha value is -1.55. The highest BCUT2D eigenvalue weighted by atomic mass is 16.4. The van der Waals surface area contributed by atoms with Crippen LogP contribution in [0.3, 0.4) is 0 Å². The Morgan fingerprint density at radius 3 is 2.33 bits per heavy atom. The van der Waals surface area contributed by atoms with Gasteiger partial charge in [-0.1, -0.05) is 12.1 Å². The first-order valence-corrected chi connectivity index (χ1v) is 4.68. The van der Waals surface area contributed by atoms with E-state index >= 15 is 0 Å². The molecule has 0 fully saturated rings. The highest BCUT2D eigenvalue weighted by Crippen LogP contribution is 2.16. The minimum atomic E-state index is -0.975. The number of phenols is 1. The number of carboxylic acids is 1. The molecule has 3 N–H and O–H groups in total. The van der Waals surface area contributed by atoms with Crippen LogP contribution in [0.25, 0.3) is 0 Å². The number of carbonyl (C=O) groups is 1. The van der Waals surface area contributed by atoms with Crippen LogP contribution in [0.1, 0.15) is 12.5 Å². The van der Waals surface area contributed by atoms with Gasteiger partial charge in [-0.2, -0.15) is 0 Å². The average molecular weight is 209 g/mol. The summed E-state index contributed by atoms with van der Waals surface area (Å²) in [6.07, 6.45) is 0.374. The van der Waals surface area contributed by atoms with Crippen LogP contribution in [0, 0.1) is 0 Å². The lowest BCUT2D eigenvalue weighted by Crippen LogP contribution is -2.49. The van der Waals surface area contributed by atoms with Gasteiger partial charge in [-0.3, -0.25) is 4.79 Å². The topological polar surface area (TPSA) is 69.6 Å². The van der Waals surface area contributed by atoms with Crippen LogP contribution in [0.2, 0.25) is 0 Å². The molecule has 0 amide bonds. The first-order chi connectivity index (χ1) is 6.98. The molecule has 0 aromatic heterocycles. The molecule has 0 aliphatic carbocycles. The maximum absolute atomic E-state index is 11.0. The van der Waals surface area contributed by atoms with Crippen LogP contribution < -0.4 is 5.32 Å². The zero-order valence-corrected chi connectivity index (χ0v) is 8.82. The van der Waals surface area contributed by atoms with Gasteiger partial charge in [0.25, 0.3) is 0 Å². The van der Waals surface area contributed by atoms with Crippen molar-refractivity contribution in [1.29, 1.82) is 0 Å². The Kier molecular flexibility index (Phi) is 3.31. The fourth-order valence-corrected chi connectivity index (χ4v) is 1.29. The Balaban J connectivity index is 2.84. The van der Waals surface area contributed by atoms with E-state index < -0.39 is 11.5 Å². The van der Waals surface area contributed by atoms with Gasteiger partial charge in [0, 0.05) is 6.42 Å². The second-order valence-corrected chi connectivity index (χ2v) is 3.73. The second kappa shape index (κ2) is 4.31. The molecule has 0 saturated heterocycles. The number of aromatic hydroxyl groups is 1. The third-order valence-electron chi connectivity index (χ3n) is 2.52. The molecule has 0 unspecified atom stereocenters. The van der Waals surface area contributed by atoms with Gasteiger partial charge in [0.2, 0.25) is 0 Å². The van der Waals surface area contributed by atoms with E-state index in [9.17, 15) is 4.79 Å². The molecule has 1 rings (SSSR count). The molecule has 0 aliphatic heterocycles. The van der Waals surface area contributed by atoms with E-state index in [4.69, 9.17) is 10.2 Å². The van der Waals surface area contributed by atoms with Crippen molar-refractivity contribution in [1.82, 2.24) is 5.32 Å². The number of phenolic OH excluding ortho intramolecular Hbond substituents is 1. The lowest BCUT2D eigenvalue weighted by molar-refractivity contribution is -0.143. The van der Waals surface area contributed by atoms with Gasteiger partial charge in [-0.25, -0.2) is 0 Å². The summed E-state index contributed by atoms with van der Waals surface area (Å²) >= 11 is 0. The van der Waals surface area contributed by atoms with Crippen molar-refractivity contribution in [3.8, 4) is 5.75 Å². The zero-order chi connectivity index (χ0) is 11.5. The predicted octanol–water partition coefficient (Wildman–Crippen LogP) is 0.997. The molecule has 0 radical (unpaired) electrons. The number of aliphatic carboxylic acids is 1. The Bertz CT molecular complexity index is 347. The number of benzene rings is 1. The summed E-state index contributed by atoms with van der Waals surface area (Å²) in [6, 6.07) is 6.53. The molecule has 0 aliphatic rings. The minimum absolute atomic E-state index is 0.181. The van der Waals surface area contributed by atoms with Gasteiger partial charge in [0.1, 0.15) is 11.3 Å². The smallest absolute Gasteiger partial charge is 0.323 e. The van der Waals surface area contributed by atoms with E-state index in [1.807, 2.05) is 0 Å². The maximum atomic E-state index is 11.0. The Morgan fingerprint density at radius 1 is 1.40 bits per heavy atom. The van der Waals surface area contributed by atoms with Gasteiger partial charge in [-0.15, -0.1) is 0 Å². The molecule has 4 heteroatoms. The standard InChI is InChI=1S/C11H15NO3/c1-11(12-2,10(14)15)7-8-3-5-9(13)6-4-8/h3-6,12-13H,7H2,1-2H3,(H,14,15)/t11-/m0/s1. The first kappa shape index (κ1) is 11.5. The Morgan fingerprint density at radius 2 is 1.93 bits per heavy atom. The molecule has 0 bridgehead atoms. The monoisotopic (exact) mass is 209 g/mol. The average Bonchev–Trinajstić information content (AvgIpc) is 2.21. The molecule has 15 heavy (non-hydrogen) atoms. The van der Waals surface area contributed by atoms with Crippen LogP contribution in [0.15, 0.2) is 24.3 Å². The quantitative estimate of drug-likeness (QED) is 0.692. The third-order valence-corrected chi connectivity index (χ3v) is 2.52. The van der Waals surface area contributed by atoms with E-state index in [1.165, 1.54) is 0 Å². The van der Waals surface area contributed by atoms with Crippen LogP contribution in [0.4, 0.5) is 0 Å². The van der Waals surface area contributed by atoms with E-state index in [-0.39, 0.29) is 5.75 Å². The molecule has 1 atom stereocenters. The van der Waals surface area contributed by atoms with Gasteiger partial charge >= 0.3 is 5.97 Å². The van der Waals surface area contributed by atoms with Crippen molar-refractivity contribution < 1.29 is 15.0 Å². The number of hydrogen-bond donors (Lipinski definition) is 3. The highest BCUT2D eigenvalue weighted by molar-refractivity contribution is 5.78. The van der Waals surface area contributed by atoms with E-state index in [0.717, 1.165) is 5.56 Å². The van der Waals surface area contributed by atoms with Crippen molar-refractivity contribution in [2.24, 2.45) is 0 Å². The molecule has 0 saturated carbocycles. The van der Waals surface area contributed by atoms with Crippen molar-refractivity contribution in [2.45, 2.75) is 18.9 Å². The number of hydrogen-bond acceptors (Lipinski definition) is 3. The number of rotatable bonds is 4. The number of likely N-dealkylation sites (N-methyl/N-ethyl adjacent to an activating group) is 1. The first-order valence-electron chi connectivity index (χ1n) is 4.68. The van der Waals surface area contributed by atoms with Gasteiger partial charge in [0.15, 0.2) is 0 Å². The maximum Gasteiger partial charge on any atom is 0.323 e. The fourth-order valence-electron chi connectivity index (χ4n) is 1.29. The number of nitrogens with one attached hydrogen (secondary N) is 1. The fraction of sp³-hybridized carbons (Fsp3) is 0.364. The second-order valence-electron chi connectivity index (χ2n) is 3.73. The van der Waals surface area contributed by atoms with Crippen molar-refractivity contribution >= 4 is 5.97 Å². The SMILES string of the molecule is CN[C@@](C)(Cc1ccc(O)cc1)C(=O)O. The zero-order valence-electron chi connectivity index (χ0n) is 8.82. The minimum Gasteiger partial charge on any atom is -0.508 e. The molecular formula is C11H15NO3. The summed E-state index contributed by atoms with van der Waals surface area (Å²) < 4.78 is 0. The highest BCUT2D eigenvalue weighted by Gasteiger charge is 2.31. The van der Waals surface area contributed by atoms with Gasteiger partial charge in [-0.05, 0) is 31.7 Å². The summed E-state index contributed by atoms with van der Waals surface area (Å²) in [5.41, 5.74) is -0.108. The molecule has 1 aromatic carbocycles. The lowest BCUT2D eigenvalue weighted by atomic mass is 9.93. The molecule has 82 valence electrons. The van der Waals surface area contributed by atoms with Crippen molar-refractivity contribution in [3.63, 3.8) is 0 Å². The summed E-state index contributed by atoms with van der Waals surface area (Å²) in [5.74, 6) is -0.710. The normalized spacial score (nSPS) is 14.5. The van der Waals surface area contributed by atoms with Crippen LogP contribution in [-0.4, -0.2) is 28.8 Å². The molecule has 0 heterocycles. The molecule has 1 aromatic rings. The van der Waals surface area contributed by atoms with E-state index in [1.54, 1.807) is 38.2 Å². The van der Waals surface area contributed by atoms with Crippen molar-refractivity contribution in [3.05, 3.63) is 29.8 Å². The van der Waals surface area contributed by atoms with Gasteiger partial charge < -0.3 is 15.5 Å². The molecule has 0 spiro atoms. The molecular weight excluding hydrogens is 194 g/mol. The van der Waals surface area contributed by atoms with Crippen molar-refractivity contribution in [2.75, 3.05) is 7.05 Å². The van der Waals surface area contributed by atoms with Crippen LogP contribution in [0.5, 0.6) is 5.75 Å². The van der Waals surface area contributed by atoms with Crippen LogP contribution >= 0.6 is 0 Å². The number of carboxylic acid groups (broad SMARTS) is 1. The van der Waals surface area contributed by atoms with E-state index in [2.05, 4.69) is 5.32 Å². The van der Waals surface area contributed by atoms with Crippen LogP contribution in [-0.2, 0) is 11.2 Å². The largest absolute Gasteiger partial charge is 0.508 e. The molecule has 4 nitrogen and oxygen atoms in total. The summed E-state index contributed by atoms with van der Waals surface area (Å²) in [4.78, 5) is 11.0. The Labute approximate surface area is 88.6 Å². The third kappa shape index (κ3) is 2.70. The summed E-state index contributed by atoms with van der Waals surface area (Å²) in [6.45, 7) is 1.63. The van der Waals surface area contributed by atoms with Gasteiger partial charge in [0.05, 0.1) is 0 Å². The lowest BCUT2D eigenvalue weighted by Gasteiger charge is -2.24.